The van der Waals surface area contributed by atoms with Crippen LogP contribution in [0.4, 0.5) is 24.0 Å². The summed E-state index contributed by atoms with van der Waals surface area (Å²) in [6, 6.07) is 10.8. The Labute approximate surface area is 207 Å². The lowest BCUT2D eigenvalue weighted by atomic mass is 9.72. The van der Waals surface area contributed by atoms with Crippen molar-refractivity contribution in [1.82, 2.24) is 9.88 Å². The molecule has 3 aromatic rings. The predicted octanol–water partition coefficient (Wildman–Crippen LogP) is 4.56. The Kier molecular flexibility index (Phi) is 5.92. The first-order chi connectivity index (χ1) is 17.1. The molecule has 0 bridgehead atoms. The number of hydrogen-bond acceptors (Lipinski definition) is 8. The number of nitro benzene ring substituents is 1. The summed E-state index contributed by atoms with van der Waals surface area (Å²) < 4.78 is 39.5. The van der Waals surface area contributed by atoms with Gasteiger partial charge in [0, 0.05) is 38.8 Å². The first-order valence-corrected chi connectivity index (χ1v) is 12.1. The topological polar surface area (TPSA) is 103 Å². The average Bonchev–Trinajstić information content (AvgIpc) is 2.82. The van der Waals surface area contributed by atoms with Gasteiger partial charge in [-0.25, -0.2) is 0 Å². The number of piperidine rings is 1. The maximum absolute atomic E-state index is 13.2. The maximum atomic E-state index is 13.2. The number of non-ortho nitro benzene ring substituents is 1. The molecule has 3 heterocycles. The lowest BCUT2D eigenvalue weighted by Gasteiger charge is -2.54. The van der Waals surface area contributed by atoms with Gasteiger partial charge in [0.2, 0.25) is 0 Å². The van der Waals surface area contributed by atoms with Crippen LogP contribution in [0.1, 0.15) is 29.5 Å². The second-order valence-corrected chi connectivity index (χ2v) is 10.4. The Bertz CT molecular complexity index is 1450. The van der Waals surface area contributed by atoms with E-state index in [-0.39, 0.29) is 15.2 Å². The van der Waals surface area contributed by atoms with Crippen molar-refractivity contribution in [2.75, 3.05) is 31.1 Å². The number of halogens is 3. The molecule has 12 heteroatoms. The van der Waals surface area contributed by atoms with E-state index < -0.39 is 33.3 Å². The third-order valence-corrected chi connectivity index (χ3v) is 8.05. The molecule has 2 aliphatic heterocycles. The number of hydrogen-bond donors (Lipinski definition) is 0. The molecular weight excluding hydrogens is 495 g/mol. The molecule has 36 heavy (non-hydrogen) atoms. The van der Waals surface area contributed by atoms with E-state index >= 15 is 0 Å². The van der Waals surface area contributed by atoms with Gasteiger partial charge in [-0.2, -0.15) is 23.4 Å². The summed E-state index contributed by atoms with van der Waals surface area (Å²) in [5.41, 5.74) is -1.03. The lowest BCUT2D eigenvalue weighted by molar-refractivity contribution is -0.383. The molecule has 8 nitrogen and oxygen atoms in total. The van der Waals surface area contributed by atoms with Gasteiger partial charge < -0.3 is 4.90 Å². The SMILES string of the molecule is N#Cc1cccc(CN2CC3(CCN(c4nc(=O)c5cc(C(F)(F)F)cc([N+](=O)[O-])c5s4)CC3)C2)c1. The van der Waals surface area contributed by atoms with E-state index in [1.807, 2.05) is 23.1 Å². The number of likely N-dealkylation sites (tertiary alicyclic amines) is 1. The number of fused-ring (bicyclic) bond motifs is 1. The van der Waals surface area contributed by atoms with Gasteiger partial charge in [0.25, 0.3) is 11.2 Å². The van der Waals surface area contributed by atoms with Crippen molar-refractivity contribution in [3.05, 3.63) is 73.6 Å². The van der Waals surface area contributed by atoms with Gasteiger partial charge in [-0.05, 0) is 42.0 Å². The summed E-state index contributed by atoms with van der Waals surface area (Å²) in [4.78, 5) is 31.4. The van der Waals surface area contributed by atoms with Crippen LogP contribution >= 0.6 is 11.3 Å². The zero-order valence-electron chi connectivity index (χ0n) is 18.9. The Morgan fingerprint density at radius 3 is 2.56 bits per heavy atom. The second kappa shape index (κ2) is 8.83. The van der Waals surface area contributed by atoms with Crippen molar-refractivity contribution in [3.63, 3.8) is 0 Å². The van der Waals surface area contributed by atoms with E-state index in [0.29, 0.717) is 30.8 Å². The van der Waals surface area contributed by atoms with Crippen molar-refractivity contribution in [3.8, 4) is 6.07 Å². The van der Waals surface area contributed by atoms with Crippen LogP contribution < -0.4 is 10.5 Å². The average molecular weight is 516 g/mol. The summed E-state index contributed by atoms with van der Waals surface area (Å²) in [5.74, 6) is 0. The highest BCUT2D eigenvalue weighted by Gasteiger charge is 2.45. The fraction of sp³-hybridized carbons (Fsp3) is 0.375. The van der Waals surface area contributed by atoms with Gasteiger partial charge in [0.05, 0.1) is 27.5 Å². The monoisotopic (exact) mass is 515 g/mol. The van der Waals surface area contributed by atoms with Crippen LogP contribution in [0.5, 0.6) is 0 Å². The van der Waals surface area contributed by atoms with Gasteiger partial charge in [0.15, 0.2) is 5.13 Å². The molecule has 5 rings (SSSR count). The molecule has 0 saturated carbocycles. The molecule has 0 amide bonds. The number of benzene rings is 2. The Morgan fingerprint density at radius 1 is 1.19 bits per heavy atom. The van der Waals surface area contributed by atoms with Crippen LogP contribution in [0.2, 0.25) is 0 Å². The zero-order valence-corrected chi connectivity index (χ0v) is 19.7. The minimum atomic E-state index is -4.81. The van der Waals surface area contributed by atoms with Gasteiger partial charge in [-0.3, -0.25) is 19.8 Å². The number of rotatable bonds is 4. The number of alkyl halides is 3. The van der Waals surface area contributed by atoms with Crippen molar-refractivity contribution >= 4 is 32.2 Å². The molecule has 186 valence electrons. The number of nitrogens with zero attached hydrogens (tertiary/aromatic N) is 5. The van der Waals surface area contributed by atoms with E-state index in [4.69, 9.17) is 5.26 Å². The summed E-state index contributed by atoms with van der Waals surface area (Å²) in [6.07, 6.45) is -3.12. The summed E-state index contributed by atoms with van der Waals surface area (Å²) in [5, 5.41) is 20.5. The maximum Gasteiger partial charge on any atom is 0.416 e. The standard InChI is InChI=1S/C24H20F3N5O3S/c25-24(26,27)17-9-18-20(19(10-17)32(34)35)36-22(29-21(18)33)31-6-4-23(5-7-31)13-30(14-23)12-16-3-1-2-15(8-16)11-28/h1-3,8-10H,4-7,12-14H2. The third-order valence-electron chi connectivity index (χ3n) is 6.89. The molecule has 1 spiro atoms. The third kappa shape index (κ3) is 4.52. The van der Waals surface area contributed by atoms with Crippen LogP contribution in [0.25, 0.3) is 10.1 Å². The molecule has 0 unspecified atom stereocenters. The molecule has 0 aliphatic carbocycles. The van der Waals surface area contributed by atoms with Gasteiger partial charge in [-0.15, -0.1) is 0 Å². The van der Waals surface area contributed by atoms with Crippen molar-refractivity contribution < 1.29 is 18.1 Å². The van der Waals surface area contributed by atoms with Gasteiger partial charge >= 0.3 is 6.18 Å². The van der Waals surface area contributed by atoms with E-state index in [0.717, 1.165) is 49.4 Å². The van der Waals surface area contributed by atoms with Crippen LogP contribution in [-0.2, 0) is 12.7 Å². The highest BCUT2D eigenvalue weighted by Crippen LogP contribution is 2.43. The summed E-state index contributed by atoms with van der Waals surface area (Å²) in [7, 11) is 0. The zero-order chi connectivity index (χ0) is 25.7. The van der Waals surface area contributed by atoms with Crippen LogP contribution in [0.3, 0.4) is 0 Å². The van der Waals surface area contributed by atoms with Crippen molar-refractivity contribution in [1.29, 1.82) is 5.26 Å². The number of anilines is 1. The predicted molar refractivity (Wildman–Crippen MR) is 128 cm³/mol. The van der Waals surface area contributed by atoms with Crippen molar-refractivity contribution in [2.24, 2.45) is 5.41 Å². The summed E-state index contributed by atoms with van der Waals surface area (Å²) in [6.45, 7) is 3.77. The number of aromatic nitrogens is 1. The van der Waals surface area contributed by atoms with Crippen molar-refractivity contribution in [2.45, 2.75) is 25.6 Å². The summed E-state index contributed by atoms with van der Waals surface area (Å²) >= 11 is 0.882. The van der Waals surface area contributed by atoms with E-state index in [1.54, 1.807) is 6.07 Å². The first kappa shape index (κ1) is 24.1. The Morgan fingerprint density at radius 2 is 1.92 bits per heavy atom. The van der Waals surface area contributed by atoms with Crippen LogP contribution in [-0.4, -0.2) is 41.0 Å². The van der Waals surface area contributed by atoms with Gasteiger partial charge in [0.1, 0.15) is 4.70 Å². The Hall–Kier alpha value is -3.56. The fourth-order valence-electron chi connectivity index (χ4n) is 5.08. The highest BCUT2D eigenvalue weighted by atomic mass is 32.1. The van der Waals surface area contributed by atoms with Crippen LogP contribution in [0, 0.1) is 26.9 Å². The number of nitro groups is 1. The quantitative estimate of drug-likeness (QED) is 0.371. The van der Waals surface area contributed by atoms with E-state index in [1.165, 1.54) is 0 Å². The van der Waals surface area contributed by atoms with Gasteiger partial charge in [-0.1, -0.05) is 23.5 Å². The minimum absolute atomic E-state index is 0.0993. The molecule has 2 fully saturated rings. The fourth-order valence-corrected chi connectivity index (χ4v) is 6.19. The van der Waals surface area contributed by atoms with Crippen LogP contribution in [0.15, 0.2) is 41.2 Å². The first-order valence-electron chi connectivity index (χ1n) is 11.2. The molecule has 2 saturated heterocycles. The Balaban J connectivity index is 1.31. The smallest absolute Gasteiger partial charge is 0.348 e. The second-order valence-electron chi connectivity index (χ2n) is 9.37. The van der Waals surface area contributed by atoms with E-state index in [9.17, 15) is 28.1 Å². The lowest BCUT2D eigenvalue weighted by Crippen LogP contribution is -2.59. The molecule has 2 aromatic carbocycles. The highest BCUT2D eigenvalue weighted by molar-refractivity contribution is 7.22. The molecular formula is C24H20F3N5O3S. The minimum Gasteiger partial charge on any atom is -0.348 e. The largest absolute Gasteiger partial charge is 0.416 e. The number of nitriles is 1. The molecule has 0 radical (unpaired) electrons. The van der Waals surface area contributed by atoms with E-state index in [2.05, 4.69) is 16.0 Å². The normalized spacial score (nSPS) is 17.7. The molecule has 2 aliphatic rings. The molecule has 1 aromatic heterocycles. The molecule has 0 atom stereocenters. The molecule has 0 N–H and O–H groups in total.